The van der Waals surface area contributed by atoms with Crippen LogP contribution in [-0.2, 0) is 13.0 Å². The van der Waals surface area contributed by atoms with E-state index in [1.165, 1.54) is 15.9 Å². The third kappa shape index (κ3) is 2.43. The van der Waals surface area contributed by atoms with Gasteiger partial charge in [0.05, 0.1) is 11.2 Å². The Hall–Kier alpha value is -2.35. The van der Waals surface area contributed by atoms with Gasteiger partial charge in [-0.3, -0.25) is 9.09 Å². The highest BCUT2D eigenvalue weighted by molar-refractivity contribution is 7.07. The second-order valence-corrected chi connectivity index (χ2v) is 4.44. The number of thiazole rings is 1. The molecule has 0 unspecified atom stereocenters. The highest BCUT2D eigenvalue weighted by Gasteiger charge is 2.14. The van der Waals surface area contributed by atoms with Crippen LogP contribution in [0.4, 0.5) is 0 Å². The fraction of sp³-hybridized carbons (Fsp3) is 0.182. The van der Waals surface area contributed by atoms with Gasteiger partial charge in [0, 0.05) is 30.7 Å². The first kappa shape index (κ1) is 11.7. The van der Waals surface area contributed by atoms with Crippen LogP contribution in [0.5, 0.6) is 0 Å². The van der Waals surface area contributed by atoms with Gasteiger partial charge in [-0.25, -0.2) is 19.7 Å². The summed E-state index contributed by atoms with van der Waals surface area (Å²) >= 11 is 1.52. The van der Waals surface area contributed by atoms with Gasteiger partial charge >= 0.3 is 5.76 Å². The maximum Gasteiger partial charge on any atom is 0.441 e. The molecule has 0 atom stereocenters. The molecule has 96 valence electrons. The smallest absolute Gasteiger partial charge is 0.295 e. The van der Waals surface area contributed by atoms with Crippen LogP contribution < -0.4 is 5.76 Å². The average Bonchev–Trinajstić information content (AvgIpc) is 3.07. The lowest BCUT2D eigenvalue weighted by Gasteiger charge is -2.01. The van der Waals surface area contributed by atoms with Crippen LogP contribution in [-0.4, -0.2) is 24.7 Å². The number of aryl methyl sites for hydroxylation is 1. The molecule has 0 aliphatic rings. The van der Waals surface area contributed by atoms with Gasteiger partial charge in [0.1, 0.15) is 0 Å². The van der Waals surface area contributed by atoms with Crippen molar-refractivity contribution in [3.8, 4) is 11.6 Å². The predicted octanol–water partition coefficient (Wildman–Crippen LogP) is 0.992. The molecule has 3 rings (SSSR count). The van der Waals surface area contributed by atoms with Crippen molar-refractivity contribution in [2.75, 3.05) is 0 Å². The standard InChI is InChI=1S/C11H9N5O2S/c17-11-16(5-2-8-6-19-7-14-8)10(15-18-11)9-12-3-1-4-13-9/h1,3-4,6-7H,2,5H2. The van der Waals surface area contributed by atoms with E-state index in [9.17, 15) is 4.79 Å². The van der Waals surface area contributed by atoms with Crippen molar-refractivity contribution >= 4 is 11.3 Å². The molecule has 0 aromatic carbocycles. The summed E-state index contributed by atoms with van der Waals surface area (Å²) in [6.45, 7) is 0.430. The summed E-state index contributed by atoms with van der Waals surface area (Å²) in [7, 11) is 0. The maximum atomic E-state index is 11.6. The summed E-state index contributed by atoms with van der Waals surface area (Å²) in [5.74, 6) is 0.185. The monoisotopic (exact) mass is 275 g/mol. The zero-order chi connectivity index (χ0) is 13.1. The SMILES string of the molecule is O=c1onc(-c2ncccn2)n1CCc1cscn1. The van der Waals surface area contributed by atoms with E-state index in [1.54, 1.807) is 24.0 Å². The molecule has 3 aromatic heterocycles. The summed E-state index contributed by atoms with van der Waals surface area (Å²) in [4.78, 5) is 23.9. The largest absolute Gasteiger partial charge is 0.441 e. The molecule has 0 radical (unpaired) electrons. The molecule has 0 saturated heterocycles. The maximum absolute atomic E-state index is 11.6. The van der Waals surface area contributed by atoms with Crippen molar-refractivity contribution in [2.24, 2.45) is 0 Å². The van der Waals surface area contributed by atoms with Crippen molar-refractivity contribution in [1.82, 2.24) is 24.7 Å². The molecule has 0 aliphatic heterocycles. The quantitative estimate of drug-likeness (QED) is 0.705. The highest BCUT2D eigenvalue weighted by atomic mass is 32.1. The van der Waals surface area contributed by atoms with E-state index >= 15 is 0 Å². The van der Waals surface area contributed by atoms with Crippen LogP contribution in [0.2, 0.25) is 0 Å². The van der Waals surface area contributed by atoms with Crippen LogP contribution in [0.25, 0.3) is 11.6 Å². The molecule has 0 saturated carbocycles. The van der Waals surface area contributed by atoms with Crippen molar-refractivity contribution in [1.29, 1.82) is 0 Å². The molecule has 0 N–H and O–H groups in total. The zero-order valence-corrected chi connectivity index (χ0v) is 10.6. The number of hydrogen-bond acceptors (Lipinski definition) is 7. The first-order valence-electron chi connectivity index (χ1n) is 5.55. The minimum Gasteiger partial charge on any atom is -0.295 e. The fourth-order valence-electron chi connectivity index (χ4n) is 1.63. The predicted molar refractivity (Wildman–Crippen MR) is 67.6 cm³/mol. The van der Waals surface area contributed by atoms with E-state index in [-0.39, 0.29) is 0 Å². The fourth-order valence-corrected chi connectivity index (χ4v) is 2.22. The van der Waals surface area contributed by atoms with Gasteiger partial charge in [0.25, 0.3) is 0 Å². The summed E-state index contributed by atoms with van der Waals surface area (Å²) in [6, 6.07) is 1.70. The molecule has 0 fully saturated rings. The van der Waals surface area contributed by atoms with Gasteiger partial charge < -0.3 is 0 Å². The first-order valence-corrected chi connectivity index (χ1v) is 6.50. The summed E-state index contributed by atoms with van der Waals surface area (Å²) in [6.07, 6.45) is 3.81. The molecular weight excluding hydrogens is 266 g/mol. The molecule has 0 bridgehead atoms. The van der Waals surface area contributed by atoms with Crippen LogP contribution >= 0.6 is 11.3 Å². The molecular formula is C11H9N5O2S. The van der Waals surface area contributed by atoms with Crippen LogP contribution in [0.1, 0.15) is 5.69 Å². The Bertz CT molecular complexity index is 704. The molecule has 3 heterocycles. The van der Waals surface area contributed by atoms with Gasteiger partial charge in [-0.05, 0) is 6.07 Å². The number of aromatic nitrogens is 5. The Morgan fingerprint density at radius 3 is 2.84 bits per heavy atom. The van der Waals surface area contributed by atoms with Gasteiger partial charge in [-0.15, -0.1) is 11.3 Å². The molecule has 0 spiro atoms. The molecule has 3 aromatic rings. The van der Waals surface area contributed by atoms with Gasteiger partial charge in [0.2, 0.25) is 5.82 Å². The lowest BCUT2D eigenvalue weighted by atomic mass is 10.3. The molecule has 19 heavy (non-hydrogen) atoms. The van der Waals surface area contributed by atoms with E-state index < -0.39 is 5.76 Å². The van der Waals surface area contributed by atoms with E-state index in [0.29, 0.717) is 24.6 Å². The summed E-state index contributed by atoms with van der Waals surface area (Å²) < 4.78 is 6.09. The first-order chi connectivity index (χ1) is 9.34. The summed E-state index contributed by atoms with van der Waals surface area (Å²) in [5, 5.41) is 5.66. The Labute approximate surface area is 111 Å². The van der Waals surface area contributed by atoms with E-state index in [1.807, 2.05) is 5.38 Å². The lowest BCUT2D eigenvalue weighted by Crippen LogP contribution is -2.17. The van der Waals surface area contributed by atoms with Crippen LogP contribution in [0, 0.1) is 0 Å². The van der Waals surface area contributed by atoms with Gasteiger partial charge in [-0.1, -0.05) is 5.16 Å². The third-order valence-electron chi connectivity index (χ3n) is 2.53. The molecule has 0 amide bonds. The average molecular weight is 275 g/mol. The van der Waals surface area contributed by atoms with Gasteiger partial charge in [0.15, 0.2) is 5.82 Å². The van der Waals surface area contributed by atoms with E-state index in [2.05, 4.69) is 24.6 Å². The van der Waals surface area contributed by atoms with Crippen LogP contribution in [0.3, 0.4) is 0 Å². The number of hydrogen-bond donors (Lipinski definition) is 0. The number of rotatable bonds is 4. The third-order valence-corrected chi connectivity index (χ3v) is 3.16. The second-order valence-electron chi connectivity index (χ2n) is 3.73. The van der Waals surface area contributed by atoms with Gasteiger partial charge in [-0.2, -0.15) is 0 Å². The topological polar surface area (TPSA) is 86.7 Å². The molecule has 7 nitrogen and oxygen atoms in total. The van der Waals surface area contributed by atoms with Crippen molar-refractivity contribution < 1.29 is 4.52 Å². The Balaban J connectivity index is 1.89. The Morgan fingerprint density at radius 1 is 1.26 bits per heavy atom. The molecule has 0 aliphatic carbocycles. The number of nitrogens with zero attached hydrogens (tertiary/aromatic N) is 5. The zero-order valence-electron chi connectivity index (χ0n) is 9.76. The minimum absolute atomic E-state index is 0.334. The van der Waals surface area contributed by atoms with Crippen LogP contribution in [0.15, 0.2) is 38.7 Å². The van der Waals surface area contributed by atoms with E-state index in [0.717, 1.165) is 5.69 Å². The van der Waals surface area contributed by atoms with E-state index in [4.69, 9.17) is 0 Å². The molecule has 8 heteroatoms. The van der Waals surface area contributed by atoms with Crippen molar-refractivity contribution in [3.05, 3.63) is 45.6 Å². The highest BCUT2D eigenvalue weighted by Crippen LogP contribution is 2.10. The van der Waals surface area contributed by atoms with Crippen molar-refractivity contribution in [2.45, 2.75) is 13.0 Å². The van der Waals surface area contributed by atoms with Crippen molar-refractivity contribution in [3.63, 3.8) is 0 Å². The minimum atomic E-state index is -0.516. The second kappa shape index (κ2) is 5.11. The lowest BCUT2D eigenvalue weighted by molar-refractivity contribution is 0.375. The summed E-state index contributed by atoms with van der Waals surface area (Å²) in [5.41, 5.74) is 2.69. The Kier molecular flexibility index (Phi) is 3.15. The normalized spacial score (nSPS) is 10.7. The Morgan fingerprint density at radius 2 is 2.11 bits per heavy atom.